The average Bonchev–Trinajstić information content (AvgIpc) is 3.14. The number of unbranched alkanes of at least 4 members (excludes halogenated alkanes) is 12. The van der Waals surface area contributed by atoms with Crippen LogP contribution in [0.25, 0.3) is 0 Å². The van der Waals surface area contributed by atoms with Crippen LogP contribution >= 0.6 is 7.82 Å². The molecule has 53 heavy (non-hydrogen) atoms. The second-order valence-electron chi connectivity index (χ2n) is 13.1. The van der Waals surface area contributed by atoms with Gasteiger partial charge in [0.05, 0.1) is 13.2 Å². The van der Waals surface area contributed by atoms with Crippen molar-refractivity contribution in [2.24, 2.45) is 5.73 Å². The number of phosphoric ester groups is 1. The van der Waals surface area contributed by atoms with Gasteiger partial charge in [0.15, 0.2) is 6.10 Å². The van der Waals surface area contributed by atoms with Gasteiger partial charge in [0.1, 0.15) is 6.61 Å². The van der Waals surface area contributed by atoms with Crippen LogP contribution in [0, 0.1) is 0 Å². The van der Waals surface area contributed by atoms with Crippen molar-refractivity contribution in [3.05, 3.63) is 72.9 Å². The molecule has 0 radical (unpaired) electrons. The van der Waals surface area contributed by atoms with Gasteiger partial charge in [-0.1, -0.05) is 138 Å². The average molecular weight is 764 g/mol. The van der Waals surface area contributed by atoms with Gasteiger partial charge in [-0.2, -0.15) is 0 Å². The molecule has 2 atom stereocenters. The second-order valence-corrected chi connectivity index (χ2v) is 14.6. The molecule has 0 fully saturated rings. The maximum atomic E-state index is 12.5. The minimum atomic E-state index is -4.39. The summed E-state index contributed by atoms with van der Waals surface area (Å²) in [7, 11) is -4.39. The highest BCUT2D eigenvalue weighted by atomic mass is 31.2. The summed E-state index contributed by atoms with van der Waals surface area (Å²) in [6.45, 7) is 3.52. The molecule has 0 aliphatic rings. The van der Waals surface area contributed by atoms with Crippen LogP contribution in [0.1, 0.15) is 155 Å². The Morgan fingerprint density at radius 1 is 0.585 bits per heavy atom. The number of phosphoric acid groups is 1. The SMILES string of the molecule is CCC=CCC=CCC=CCC=CCC=CCCCC(=O)OCC(COP(=O)(O)OCCN)OC(=O)CCCCCCCC=CCCCCCCCC. The number of nitrogens with two attached hydrogens (primary N) is 1. The number of esters is 2. The van der Waals surface area contributed by atoms with Crippen LogP contribution in [-0.2, 0) is 32.7 Å². The molecule has 0 bridgehead atoms. The van der Waals surface area contributed by atoms with E-state index in [-0.39, 0.29) is 32.6 Å². The van der Waals surface area contributed by atoms with Gasteiger partial charge in [-0.05, 0) is 77.0 Å². The van der Waals surface area contributed by atoms with Gasteiger partial charge in [0.2, 0.25) is 0 Å². The summed E-state index contributed by atoms with van der Waals surface area (Å²) in [4.78, 5) is 34.8. The molecule has 0 amide bonds. The highest BCUT2D eigenvalue weighted by Crippen LogP contribution is 2.43. The van der Waals surface area contributed by atoms with Crippen molar-refractivity contribution in [2.75, 3.05) is 26.4 Å². The van der Waals surface area contributed by atoms with E-state index in [1.54, 1.807) is 0 Å². The monoisotopic (exact) mass is 764 g/mol. The van der Waals surface area contributed by atoms with Crippen LogP contribution in [0.4, 0.5) is 0 Å². The molecule has 0 aliphatic carbocycles. The van der Waals surface area contributed by atoms with Gasteiger partial charge in [-0.25, -0.2) is 4.57 Å². The summed E-state index contributed by atoms with van der Waals surface area (Å²) in [5.41, 5.74) is 5.33. The molecular weight excluding hydrogens is 689 g/mol. The zero-order valence-electron chi connectivity index (χ0n) is 33.2. The van der Waals surface area contributed by atoms with E-state index in [1.165, 1.54) is 44.9 Å². The Balaban J connectivity index is 4.31. The normalized spacial score (nSPS) is 14.1. The first-order chi connectivity index (χ1) is 25.8. The van der Waals surface area contributed by atoms with Gasteiger partial charge >= 0.3 is 19.8 Å². The zero-order chi connectivity index (χ0) is 38.9. The maximum absolute atomic E-state index is 12.5. The van der Waals surface area contributed by atoms with Crippen molar-refractivity contribution in [1.29, 1.82) is 0 Å². The molecule has 0 heterocycles. The molecule has 0 aromatic rings. The number of rotatable bonds is 37. The molecule has 0 aromatic heterocycles. The van der Waals surface area contributed by atoms with Crippen molar-refractivity contribution in [3.8, 4) is 0 Å². The molecule has 10 heteroatoms. The van der Waals surface area contributed by atoms with E-state index in [9.17, 15) is 19.0 Å². The molecule has 3 N–H and O–H groups in total. The lowest BCUT2D eigenvalue weighted by Crippen LogP contribution is -2.29. The largest absolute Gasteiger partial charge is 0.472 e. The number of allylic oxidation sites excluding steroid dienone is 12. The molecule has 9 nitrogen and oxygen atoms in total. The van der Waals surface area contributed by atoms with Crippen LogP contribution in [0.3, 0.4) is 0 Å². The number of hydrogen-bond acceptors (Lipinski definition) is 8. The molecule has 0 rings (SSSR count). The van der Waals surface area contributed by atoms with Crippen LogP contribution in [0.15, 0.2) is 72.9 Å². The first kappa shape index (κ1) is 50.5. The summed E-state index contributed by atoms with van der Waals surface area (Å²) < 4.78 is 32.6. The third kappa shape index (κ3) is 39.0. The summed E-state index contributed by atoms with van der Waals surface area (Å²) in [5.74, 6) is -0.913. The van der Waals surface area contributed by atoms with E-state index in [2.05, 4.69) is 80.7 Å². The van der Waals surface area contributed by atoms with Gasteiger partial charge < -0.3 is 20.1 Å². The quantitative estimate of drug-likeness (QED) is 0.0274. The van der Waals surface area contributed by atoms with Gasteiger partial charge in [-0.15, -0.1) is 0 Å². The summed E-state index contributed by atoms with van der Waals surface area (Å²) >= 11 is 0. The number of carbonyl (C=O) groups excluding carboxylic acids is 2. The lowest BCUT2D eigenvalue weighted by atomic mass is 10.1. The third-order valence-corrected chi connectivity index (χ3v) is 9.06. The first-order valence-electron chi connectivity index (χ1n) is 20.4. The number of carbonyl (C=O) groups is 2. The molecule has 0 aliphatic heterocycles. The predicted molar refractivity (Wildman–Crippen MR) is 219 cm³/mol. The van der Waals surface area contributed by atoms with Crippen molar-refractivity contribution in [3.63, 3.8) is 0 Å². The topological polar surface area (TPSA) is 134 Å². The molecule has 0 saturated heterocycles. The van der Waals surface area contributed by atoms with Crippen LogP contribution in [-0.4, -0.2) is 49.3 Å². The minimum Gasteiger partial charge on any atom is -0.462 e. The van der Waals surface area contributed by atoms with Crippen LogP contribution < -0.4 is 5.73 Å². The van der Waals surface area contributed by atoms with Crippen molar-refractivity contribution in [1.82, 2.24) is 0 Å². The lowest BCUT2D eigenvalue weighted by molar-refractivity contribution is -0.161. The van der Waals surface area contributed by atoms with E-state index in [4.69, 9.17) is 24.3 Å². The molecular formula is C43H74NO8P. The van der Waals surface area contributed by atoms with E-state index < -0.39 is 32.5 Å². The Morgan fingerprint density at radius 3 is 1.62 bits per heavy atom. The molecule has 0 aromatic carbocycles. The molecule has 304 valence electrons. The van der Waals surface area contributed by atoms with E-state index in [1.807, 2.05) is 6.08 Å². The van der Waals surface area contributed by atoms with Gasteiger partial charge in [0.25, 0.3) is 0 Å². The van der Waals surface area contributed by atoms with Crippen molar-refractivity contribution in [2.45, 2.75) is 161 Å². The van der Waals surface area contributed by atoms with Gasteiger partial charge in [0, 0.05) is 19.4 Å². The highest BCUT2D eigenvalue weighted by Gasteiger charge is 2.25. The Hall–Kier alpha value is -2.55. The Morgan fingerprint density at radius 2 is 1.06 bits per heavy atom. The zero-order valence-corrected chi connectivity index (χ0v) is 34.1. The lowest BCUT2D eigenvalue weighted by Gasteiger charge is -2.19. The maximum Gasteiger partial charge on any atom is 0.472 e. The first-order valence-corrected chi connectivity index (χ1v) is 21.9. The smallest absolute Gasteiger partial charge is 0.462 e. The van der Waals surface area contributed by atoms with Crippen molar-refractivity contribution >= 4 is 19.8 Å². The summed E-state index contributed by atoms with van der Waals surface area (Å²) in [5, 5.41) is 0. The van der Waals surface area contributed by atoms with Crippen LogP contribution in [0.5, 0.6) is 0 Å². The van der Waals surface area contributed by atoms with Crippen molar-refractivity contribution < 1.29 is 37.6 Å². The van der Waals surface area contributed by atoms with Crippen LogP contribution in [0.2, 0.25) is 0 Å². The molecule has 2 unspecified atom stereocenters. The third-order valence-electron chi connectivity index (χ3n) is 8.08. The van der Waals surface area contributed by atoms with E-state index in [0.29, 0.717) is 12.8 Å². The number of ether oxygens (including phenoxy) is 2. The summed E-state index contributed by atoms with van der Waals surface area (Å²) in [6, 6.07) is 0. The van der Waals surface area contributed by atoms with Gasteiger partial charge in [-0.3, -0.25) is 18.6 Å². The predicted octanol–water partition coefficient (Wildman–Crippen LogP) is 11.5. The summed E-state index contributed by atoms with van der Waals surface area (Å²) in [6.07, 6.45) is 46.5. The fourth-order valence-electron chi connectivity index (χ4n) is 5.07. The molecule has 0 saturated carbocycles. The van der Waals surface area contributed by atoms with E-state index in [0.717, 1.165) is 70.6 Å². The Kier molecular flexibility index (Phi) is 37.3. The Bertz CT molecular complexity index is 1100. The standard InChI is InChI=1S/C43H74NO8P/c1-3-5-7-9-11-13-15-17-19-20-22-23-25-27-29-31-33-35-42(45)49-39-41(40-51-53(47,48)50-38-37-44)52-43(46)36-34-32-30-28-26-24-21-18-16-14-12-10-8-6-4-2/h5,7,11,13,17-19,21-23,27,29,41H,3-4,6,8-10,12,14-16,20,24-26,28,30-40,44H2,1-2H3,(H,47,48). The molecule has 0 spiro atoms. The minimum absolute atomic E-state index is 0.0412. The number of hydrogen-bond donors (Lipinski definition) is 2. The fourth-order valence-corrected chi connectivity index (χ4v) is 5.84. The van der Waals surface area contributed by atoms with E-state index >= 15 is 0 Å². The highest BCUT2D eigenvalue weighted by molar-refractivity contribution is 7.47. The fraction of sp³-hybridized carbons (Fsp3) is 0.674. The second kappa shape index (κ2) is 39.2. The Labute approximate surface area is 322 Å².